The highest BCUT2D eigenvalue weighted by molar-refractivity contribution is 6.09. The lowest BCUT2D eigenvalue weighted by molar-refractivity contribution is -0.136. The Labute approximate surface area is 250 Å². The molecule has 2 N–H and O–H groups in total. The Balaban J connectivity index is 1.30. The predicted molar refractivity (Wildman–Crippen MR) is 159 cm³/mol. The predicted octanol–water partition coefficient (Wildman–Crippen LogP) is 6.18. The average Bonchev–Trinajstić information content (AvgIpc) is 3.00. The lowest BCUT2D eigenvalue weighted by Gasteiger charge is -2.22. The van der Waals surface area contributed by atoms with Gasteiger partial charge in [0.25, 0.3) is 0 Å². The first-order valence-corrected chi connectivity index (χ1v) is 14.6. The lowest BCUT2D eigenvalue weighted by atomic mass is 9.98. The van der Waals surface area contributed by atoms with Crippen LogP contribution in [0.15, 0.2) is 54.6 Å². The van der Waals surface area contributed by atoms with Crippen molar-refractivity contribution in [3.63, 3.8) is 0 Å². The Morgan fingerprint density at radius 3 is 2.14 bits per heavy atom. The Bertz CT molecular complexity index is 1470. The summed E-state index contributed by atoms with van der Waals surface area (Å²) in [6.07, 6.45) is 4.56. The number of aromatic carboxylic acids is 1. The maximum absolute atomic E-state index is 13.0. The van der Waals surface area contributed by atoms with Gasteiger partial charge in [0.15, 0.2) is 11.6 Å². The molecule has 43 heavy (non-hydrogen) atoms. The van der Waals surface area contributed by atoms with Gasteiger partial charge in [-0.1, -0.05) is 25.5 Å². The van der Waals surface area contributed by atoms with Crippen LogP contribution in [0.4, 0.5) is 0 Å². The SMILES string of the molecule is CCCc1c(OCCCCCOc2ccc(C(=O)c3ccc(C(=O)O)cc3)cc2CCC(=O)O)ccc2c1OCCC2=O. The van der Waals surface area contributed by atoms with Gasteiger partial charge < -0.3 is 24.4 Å². The molecule has 0 aliphatic carbocycles. The molecule has 0 unspecified atom stereocenters. The van der Waals surface area contributed by atoms with E-state index in [9.17, 15) is 24.3 Å². The lowest BCUT2D eigenvalue weighted by Crippen LogP contribution is -2.17. The molecule has 0 atom stereocenters. The van der Waals surface area contributed by atoms with Gasteiger partial charge >= 0.3 is 11.9 Å². The van der Waals surface area contributed by atoms with E-state index < -0.39 is 11.9 Å². The van der Waals surface area contributed by atoms with E-state index in [0.29, 0.717) is 60.0 Å². The molecule has 1 heterocycles. The molecule has 226 valence electrons. The number of hydrogen-bond acceptors (Lipinski definition) is 7. The van der Waals surface area contributed by atoms with Crippen LogP contribution in [0.25, 0.3) is 0 Å². The number of aliphatic carboxylic acids is 1. The second kappa shape index (κ2) is 15.0. The zero-order valence-electron chi connectivity index (χ0n) is 24.2. The Morgan fingerprint density at radius 1 is 0.814 bits per heavy atom. The van der Waals surface area contributed by atoms with E-state index >= 15 is 0 Å². The summed E-state index contributed by atoms with van der Waals surface area (Å²) in [5.41, 5.74) is 2.99. The summed E-state index contributed by atoms with van der Waals surface area (Å²) in [5, 5.41) is 18.3. The van der Waals surface area contributed by atoms with Crippen molar-refractivity contribution in [1.29, 1.82) is 0 Å². The van der Waals surface area contributed by atoms with E-state index in [-0.39, 0.29) is 30.0 Å². The first-order valence-electron chi connectivity index (χ1n) is 14.6. The minimum absolute atomic E-state index is 0.0844. The molecule has 0 saturated heterocycles. The summed E-state index contributed by atoms with van der Waals surface area (Å²) >= 11 is 0. The summed E-state index contributed by atoms with van der Waals surface area (Å²) in [5.74, 6) is -0.278. The van der Waals surface area contributed by atoms with Crippen molar-refractivity contribution in [2.45, 2.75) is 58.3 Å². The van der Waals surface area contributed by atoms with Gasteiger partial charge in [-0.05, 0) is 80.1 Å². The third-order valence-corrected chi connectivity index (χ3v) is 7.22. The van der Waals surface area contributed by atoms with Crippen LogP contribution in [-0.2, 0) is 17.6 Å². The number of ketones is 2. The van der Waals surface area contributed by atoms with E-state index in [0.717, 1.165) is 43.4 Å². The summed E-state index contributed by atoms with van der Waals surface area (Å²) in [4.78, 5) is 47.6. The number of carboxylic acid groups (broad SMARTS) is 2. The molecule has 0 saturated carbocycles. The normalized spacial score (nSPS) is 12.3. The molecular formula is C34H36O9. The summed E-state index contributed by atoms with van der Waals surface area (Å²) in [6.45, 7) is 3.40. The Hall–Kier alpha value is -4.66. The summed E-state index contributed by atoms with van der Waals surface area (Å²) < 4.78 is 17.9. The zero-order chi connectivity index (χ0) is 30.8. The fraction of sp³-hybridized carbons (Fsp3) is 0.353. The van der Waals surface area contributed by atoms with Crippen LogP contribution in [0.3, 0.4) is 0 Å². The molecule has 0 spiro atoms. The quantitative estimate of drug-likeness (QED) is 0.148. The van der Waals surface area contributed by atoms with Crippen LogP contribution >= 0.6 is 0 Å². The van der Waals surface area contributed by atoms with Gasteiger partial charge in [0.2, 0.25) is 0 Å². The zero-order valence-corrected chi connectivity index (χ0v) is 24.2. The van der Waals surface area contributed by atoms with Gasteiger partial charge in [-0.25, -0.2) is 4.79 Å². The minimum atomic E-state index is -1.08. The monoisotopic (exact) mass is 588 g/mol. The molecule has 4 rings (SSSR count). The second-order valence-electron chi connectivity index (χ2n) is 10.4. The molecule has 1 aliphatic heterocycles. The molecule has 3 aromatic carbocycles. The van der Waals surface area contributed by atoms with Crippen molar-refractivity contribution in [1.82, 2.24) is 0 Å². The molecule has 3 aromatic rings. The third kappa shape index (κ3) is 8.22. The van der Waals surface area contributed by atoms with Crippen LogP contribution < -0.4 is 14.2 Å². The maximum atomic E-state index is 13.0. The maximum Gasteiger partial charge on any atom is 0.335 e. The topological polar surface area (TPSA) is 136 Å². The summed E-state index contributed by atoms with van der Waals surface area (Å²) in [6, 6.07) is 14.3. The van der Waals surface area contributed by atoms with E-state index in [2.05, 4.69) is 6.92 Å². The molecule has 0 radical (unpaired) electrons. The van der Waals surface area contributed by atoms with E-state index in [1.54, 1.807) is 24.3 Å². The van der Waals surface area contributed by atoms with E-state index in [1.165, 1.54) is 24.3 Å². The van der Waals surface area contributed by atoms with Crippen LogP contribution in [0, 0.1) is 0 Å². The number of Topliss-reactive ketones (excluding diaryl/α,β-unsaturated/α-hetero) is 1. The average molecular weight is 589 g/mol. The van der Waals surface area contributed by atoms with Crippen molar-refractivity contribution in [3.05, 3.63) is 88.0 Å². The molecular weight excluding hydrogens is 552 g/mol. The highest BCUT2D eigenvalue weighted by Crippen LogP contribution is 2.36. The van der Waals surface area contributed by atoms with Crippen molar-refractivity contribution in [3.8, 4) is 17.2 Å². The van der Waals surface area contributed by atoms with Crippen LogP contribution in [0.2, 0.25) is 0 Å². The number of unbranched alkanes of at least 4 members (excludes halogenated alkanes) is 2. The molecule has 0 bridgehead atoms. The van der Waals surface area contributed by atoms with Gasteiger partial charge in [-0.2, -0.15) is 0 Å². The number of aryl methyl sites for hydroxylation is 1. The number of hydrogen-bond donors (Lipinski definition) is 2. The molecule has 0 fully saturated rings. The van der Waals surface area contributed by atoms with Crippen LogP contribution in [0.1, 0.15) is 93.2 Å². The fourth-order valence-electron chi connectivity index (χ4n) is 4.97. The number of benzene rings is 3. The van der Waals surface area contributed by atoms with Gasteiger partial charge in [0.1, 0.15) is 17.2 Å². The molecule has 0 aromatic heterocycles. The van der Waals surface area contributed by atoms with Crippen molar-refractivity contribution < 1.29 is 43.6 Å². The summed E-state index contributed by atoms with van der Waals surface area (Å²) in [7, 11) is 0. The standard InChI is InChI=1S/C34H36O9/c1-2-6-27-30(15-13-26-28(35)17-20-43-33(26)27)42-19-5-3-4-18-41-29-14-11-25(21-24(29)12-16-31(36)37)32(38)22-7-9-23(10-8-22)34(39)40/h7-11,13-15,21H,2-6,12,16-20H2,1H3,(H,36,37)(H,39,40). The van der Waals surface area contributed by atoms with E-state index in [4.69, 9.17) is 19.3 Å². The first-order chi connectivity index (χ1) is 20.8. The smallest absolute Gasteiger partial charge is 0.335 e. The number of carbonyl (C=O) groups is 4. The fourth-order valence-corrected chi connectivity index (χ4v) is 4.97. The largest absolute Gasteiger partial charge is 0.493 e. The highest BCUT2D eigenvalue weighted by Gasteiger charge is 2.24. The van der Waals surface area contributed by atoms with Gasteiger partial charge in [-0.15, -0.1) is 0 Å². The van der Waals surface area contributed by atoms with Crippen molar-refractivity contribution >= 4 is 23.5 Å². The Kier molecular flexibility index (Phi) is 10.9. The molecule has 1 aliphatic rings. The number of carboxylic acids is 2. The van der Waals surface area contributed by atoms with Crippen molar-refractivity contribution in [2.75, 3.05) is 19.8 Å². The first kappa shape index (κ1) is 31.3. The Morgan fingerprint density at radius 2 is 1.47 bits per heavy atom. The van der Waals surface area contributed by atoms with Gasteiger partial charge in [-0.3, -0.25) is 14.4 Å². The van der Waals surface area contributed by atoms with Crippen molar-refractivity contribution in [2.24, 2.45) is 0 Å². The van der Waals surface area contributed by atoms with Gasteiger partial charge in [0.05, 0.1) is 30.9 Å². The molecule has 9 nitrogen and oxygen atoms in total. The number of rotatable bonds is 16. The molecule has 9 heteroatoms. The number of fused-ring (bicyclic) bond motifs is 1. The number of carbonyl (C=O) groups excluding carboxylic acids is 2. The van der Waals surface area contributed by atoms with E-state index in [1.807, 2.05) is 6.07 Å². The molecule has 0 amide bonds. The van der Waals surface area contributed by atoms with Crippen LogP contribution in [0.5, 0.6) is 17.2 Å². The highest BCUT2D eigenvalue weighted by atomic mass is 16.5. The van der Waals surface area contributed by atoms with Crippen LogP contribution in [-0.4, -0.2) is 53.5 Å². The number of ether oxygens (including phenoxy) is 3. The minimum Gasteiger partial charge on any atom is -0.493 e. The third-order valence-electron chi connectivity index (χ3n) is 7.22. The second-order valence-corrected chi connectivity index (χ2v) is 10.4. The van der Waals surface area contributed by atoms with Gasteiger partial charge in [0, 0.05) is 29.5 Å².